The third kappa shape index (κ3) is 3.73. The third-order valence-electron chi connectivity index (χ3n) is 13.7. The molecule has 0 bridgehead atoms. The zero-order valence-corrected chi connectivity index (χ0v) is 31.1. The van der Waals surface area contributed by atoms with Crippen molar-refractivity contribution in [3.63, 3.8) is 0 Å². The molecule has 0 saturated carbocycles. The second kappa shape index (κ2) is 10.5. The van der Waals surface area contributed by atoms with Crippen LogP contribution in [0.1, 0.15) is 49.1 Å². The van der Waals surface area contributed by atoms with Gasteiger partial charge in [-0.25, -0.2) is 0 Å². The number of hydrogen-bond donors (Lipinski definition) is 0. The first-order valence-electron chi connectivity index (χ1n) is 20.0. The maximum Gasteiger partial charge on any atom is 0.252 e. The quantitative estimate of drug-likeness (QED) is 0.163. The second-order valence-electron chi connectivity index (χ2n) is 16.7. The molecule has 7 aromatic carbocycles. The lowest BCUT2D eigenvalue weighted by Gasteiger charge is -2.34. The summed E-state index contributed by atoms with van der Waals surface area (Å²) >= 11 is 0. The molecule has 0 saturated heterocycles. The largest absolute Gasteiger partial charge is 0.313 e. The summed E-state index contributed by atoms with van der Waals surface area (Å²) in [5, 5.41) is 6.76. The van der Waals surface area contributed by atoms with Gasteiger partial charge in [0.25, 0.3) is 6.71 Å². The van der Waals surface area contributed by atoms with E-state index in [0.29, 0.717) is 0 Å². The Balaban J connectivity index is 1.22. The highest BCUT2D eigenvalue weighted by atomic mass is 15.0. The number of para-hydroxylation sites is 3. The van der Waals surface area contributed by atoms with Gasteiger partial charge >= 0.3 is 0 Å². The molecule has 5 heterocycles. The average molecular weight is 704 g/mol. The molecule has 0 amide bonds. The SMILES string of the molecule is CC(C)(c1ccccc1)c1ccc2c(c1)-n1c3ccccc3c3cc4c5ccccc5n5c4c(c31)B2c1cc2c(cc1-5)c1c(n2-c2ccccc2)CCCC1. The van der Waals surface area contributed by atoms with E-state index in [9.17, 15) is 0 Å². The summed E-state index contributed by atoms with van der Waals surface area (Å²) in [5.74, 6) is 0. The number of benzene rings is 7. The van der Waals surface area contributed by atoms with Crippen LogP contribution in [-0.2, 0) is 18.3 Å². The van der Waals surface area contributed by atoms with Crippen LogP contribution in [0.3, 0.4) is 0 Å². The predicted molar refractivity (Wildman–Crippen MR) is 232 cm³/mol. The van der Waals surface area contributed by atoms with E-state index in [2.05, 4.69) is 173 Å². The molecule has 55 heavy (non-hydrogen) atoms. The summed E-state index contributed by atoms with van der Waals surface area (Å²) < 4.78 is 7.86. The number of rotatable bonds is 3. The van der Waals surface area contributed by atoms with Crippen LogP contribution < -0.4 is 16.4 Å². The van der Waals surface area contributed by atoms with Gasteiger partial charge in [-0.1, -0.05) is 111 Å². The van der Waals surface area contributed by atoms with Crippen molar-refractivity contribution >= 4 is 77.6 Å². The van der Waals surface area contributed by atoms with E-state index in [1.807, 2.05) is 0 Å². The number of nitrogens with zero attached hydrogens (tertiary/aromatic N) is 3. The standard InChI is InChI=1S/C51H38BN3/c1-51(2,31-15-5-3-6-16-31)32-25-26-40-46(27-32)54-43-23-13-10-20-35(43)38-28-39-36-21-11-14-24-44(36)55-47-29-37-34-19-9-12-22-42(34)53(33-17-7-4-8-18-33)45(37)30-41(47)52(40)48(49(38)54)50(39)55/h3-8,10-11,13-18,20-21,23-30H,9,12,19,22H2,1-2H3. The van der Waals surface area contributed by atoms with Gasteiger partial charge in [-0.05, 0) is 107 Å². The van der Waals surface area contributed by atoms with Crippen LogP contribution in [0, 0.1) is 0 Å². The smallest absolute Gasteiger partial charge is 0.252 e. The predicted octanol–water partition coefficient (Wildman–Crippen LogP) is 10.2. The summed E-state index contributed by atoms with van der Waals surface area (Å²) in [4.78, 5) is 0. The fourth-order valence-corrected chi connectivity index (χ4v) is 11.1. The van der Waals surface area contributed by atoms with Gasteiger partial charge in [-0.3, -0.25) is 0 Å². The Morgan fingerprint density at radius 1 is 0.473 bits per heavy atom. The molecule has 0 spiro atoms. The highest BCUT2D eigenvalue weighted by molar-refractivity contribution is 7.00. The fourth-order valence-electron chi connectivity index (χ4n) is 11.1. The lowest BCUT2D eigenvalue weighted by atomic mass is 9.34. The topological polar surface area (TPSA) is 14.8 Å². The molecular formula is C51H38BN3. The lowest BCUT2D eigenvalue weighted by Crippen LogP contribution is -2.59. The first kappa shape index (κ1) is 30.1. The molecule has 0 atom stereocenters. The zero-order valence-electron chi connectivity index (χ0n) is 31.1. The van der Waals surface area contributed by atoms with Crippen LogP contribution in [0.15, 0.2) is 146 Å². The van der Waals surface area contributed by atoms with E-state index in [-0.39, 0.29) is 12.1 Å². The van der Waals surface area contributed by atoms with E-state index < -0.39 is 0 Å². The molecule has 1 aliphatic carbocycles. The van der Waals surface area contributed by atoms with E-state index in [1.165, 1.54) is 118 Å². The van der Waals surface area contributed by atoms with Gasteiger partial charge in [0.2, 0.25) is 0 Å². The van der Waals surface area contributed by atoms with E-state index in [1.54, 1.807) is 5.56 Å². The van der Waals surface area contributed by atoms with Gasteiger partial charge < -0.3 is 13.7 Å². The van der Waals surface area contributed by atoms with Crippen LogP contribution in [0.5, 0.6) is 0 Å². The molecule has 3 aromatic heterocycles. The number of aryl methyl sites for hydroxylation is 1. The molecule has 13 rings (SSSR count). The average Bonchev–Trinajstić information content (AvgIpc) is 3.87. The van der Waals surface area contributed by atoms with Crippen molar-refractivity contribution in [3.05, 3.63) is 168 Å². The molecule has 3 nitrogen and oxygen atoms in total. The molecule has 0 radical (unpaired) electrons. The van der Waals surface area contributed by atoms with Crippen LogP contribution in [0.4, 0.5) is 0 Å². The van der Waals surface area contributed by atoms with Crippen LogP contribution in [-0.4, -0.2) is 20.4 Å². The van der Waals surface area contributed by atoms with Crippen molar-refractivity contribution < 1.29 is 0 Å². The molecule has 4 heteroatoms. The highest BCUT2D eigenvalue weighted by Crippen LogP contribution is 2.44. The minimum absolute atomic E-state index is 0.0827. The van der Waals surface area contributed by atoms with Gasteiger partial charge in [-0.15, -0.1) is 0 Å². The fraction of sp³-hybridized carbons (Fsp3) is 0.137. The molecule has 2 aliphatic heterocycles. The van der Waals surface area contributed by atoms with Crippen LogP contribution in [0.25, 0.3) is 71.6 Å². The van der Waals surface area contributed by atoms with Gasteiger partial charge in [0.05, 0.1) is 27.6 Å². The summed E-state index contributed by atoms with van der Waals surface area (Å²) in [7, 11) is 0. The molecule has 10 aromatic rings. The van der Waals surface area contributed by atoms with Crippen molar-refractivity contribution in [2.45, 2.75) is 44.9 Å². The normalized spacial score (nSPS) is 14.4. The molecule has 0 N–H and O–H groups in total. The lowest BCUT2D eigenvalue weighted by molar-refractivity contribution is 0.640. The number of aromatic nitrogens is 3. The van der Waals surface area contributed by atoms with Crippen LogP contribution >= 0.6 is 0 Å². The monoisotopic (exact) mass is 703 g/mol. The molecule has 260 valence electrons. The third-order valence-corrected chi connectivity index (χ3v) is 13.7. The van der Waals surface area contributed by atoms with E-state index >= 15 is 0 Å². The van der Waals surface area contributed by atoms with Crippen molar-refractivity contribution in [2.24, 2.45) is 0 Å². The van der Waals surface area contributed by atoms with Crippen molar-refractivity contribution in [3.8, 4) is 17.1 Å². The van der Waals surface area contributed by atoms with Crippen molar-refractivity contribution in [2.75, 3.05) is 0 Å². The summed E-state index contributed by atoms with van der Waals surface area (Å²) in [6, 6.07) is 55.4. The summed E-state index contributed by atoms with van der Waals surface area (Å²) in [5.41, 5.74) is 20.3. The first-order valence-corrected chi connectivity index (χ1v) is 20.0. The highest BCUT2D eigenvalue weighted by Gasteiger charge is 2.42. The van der Waals surface area contributed by atoms with E-state index in [4.69, 9.17) is 0 Å². The Kier molecular flexibility index (Phi) is 5.74. The van der Waals surface area contributed by atoms with Crippen molar-refractivity contribution in [1.29, 1.82) is 0 Å². The molecule has 0 unspecified atom stereocenters. The molecular weight excluding hydrogens is 665 g/mol. The van der Waals surface area contributed by atoms with Gasteiger partial charge in [0.15, 0.2) is 0 Å². The molecule has 3 aliphatic rings. The van der Waals surface area contributed by atoms with Crippen molar-refractivity contribution in [1.82, 2.24) is 13.7 Å². The van der Waals surface area contributed by atoms with Crippen LogP contribution in [0.2, 0.25) is 0 Å². The maximum absolute atomic E-state index is 2.64. The Labute approximate surface area is 320 Å². The van der Waals surface area contributed by atoms with E-state index in [0.717, 1.165) is 12.8 Å². The number of hydrogen-bond acceptors (Lipinski definition) is 0. The second-order valence-corrected chi connectivity index (χ2v) is 16.7. The first-order chi connectivity index (χ1) is 27.1. The number of fused-ring (bicyclic) bond motifs is 15. The Hall–Kier alpha value is -6.26. The Bertz CT molecular complexity index is 3290. The van der Waals surface area contributed by atoms with Gasteiger partial charge in [0, 0.05) is 55.1 Å². The minimum Gasteiger partial charge on any atom is -0.313 e. The Morgan fingerprint density at radius 3 is 1.80 bits per heavy atom. The Morgan fingerprint density at radius 2 is 1.09 bits per heavy atom. The van der Waals surface area contributed by atoms with Gasteiger partial charge in [-0.2, -0.15) is 0 Å². The van der Waals surface area contributed by atoms with Gasteiger partial charge in [0.1, 0.15) is 0 Å². The molecule has 0 fully saturated rings. The summed E-state index contributed by atoms with van der Waals surface area (Å²) in [6.45, 7) is 4.83. The summed E-state index contributed by atoms with van der Waals surface area (Å²) in [6.07, 6.45) is 4.74. The maximum atomic E-state index is 2.64. The zero-order chi connectivity index (χ0) is 36.2. The minimum atomic E-state index is -0.165.